The zero-order valence-corrected chi connectivity index (χ0v) is 10.0. The third-order valence-corrected chi connectivity index (χ3v) is 2.21. The highest BCUT2D eigenvalue weighted by molar-refractivity contribution is 5.36. The Morgan fingerprint density at radius 3 is 2.24 bits per heavy atom. The maximum Gasteiger partial charge on any atom is 0.408 e. The Hall–Kier alpha value is -1.23. The van der Waals surface area contributed by atoms with Crippen molar-refractivity contribution in [1.29, 1.82) is 0 Å². The van der Waals surface area contributed by atoms with Crippen LogP contribution in [0.2, 0.25) is 0 Å². The van der Waals surface area contributed by atoms with E-state index in [1.54, 1.807) is 32.0 Å². The van der Waals surface area contributed by atoms with E-state index in [0.717, 1.165) is 0 Å². The fraction of sp³-hybridized carbons (Fsp3) is 0.500. The standard InChI is InChI=1S/C12H16F3NO/c1-8(2)17-10-7-5-4-6-9(10)11(16-3)12(13,14)15/h4-8,11,16H,1-3H3. The third kappa shape index (κ3) is 3.63. The maximum atomic E-state index is 12.8. The van der Waals surface area contributed by atoms with Crippen LogP contribution >= 0.6 is 0 Å². The first-order chi connectivity index (χ1) is 7.86. The third-order valence-electron chi connectivity index (χ3n) is 2.21. The van der Waals surface area contributed by atoms with Gasteiger partial charge >= 0.3 is 6.18 Å². The molecule has 0 spiro atoms. The minimum atomic E-state index is -4.34. The van der Waals surface area contributed by atoms with Gasteiger partial charge in [0.05, 0.1) is 6.10 Å². The molecule has 0 aliphatic heterocycles. The molecule has 0 aliphatic rings. The second kappa shape index (κ2) is 5.40. The highest BCUT2D eigenvalue weighted by Gasteiger charge is 2.41. The topological polar surface area (TPSA) is 21.3 Å². The van der Waals surface area contributed by atoms with E-state index >= 15 is 0 Å². The summed E-state index contributed by atoms with van der Waals surface area (Å²) in [5.74, 6) is 0.263. The van der Waals surface area contributed by atoms with Crippen LogP contribution in [0.5, 0.6) is 5.75 Å². The lowest BCUT2D eigenvalue weighted by atomic mass is 10.1. The van der Waals surface area contributed by atoms with Crippen molar-refractivity contribution in [3.63, 3.8) is 0 Å². The fourth-order valence-corrected chi connectivity index (χ4v) is 1.58. The maximum absolute atomic E-state index is 12.8. The number of halogens is 3. The zero-order chi connectivity index (χ0) is 13.1. The van der Waals surface area contributed by atoms with Gasteiger partial charge in [-0.3, -0.25) is 0 Å². The average Bonchev–Trinajstić information content (AvgIpc) is 2.18. The number of hydrogen-bond acceptors (Lipinski definition) is 2. The molecule has 0 aliphatic carbocycles. The molecule has 0 heterocycles. The normalized spacial score (nSPS) is 13.8. The van der Waals surface area contributed by atoms with Crippen molar-refractivity contribution in [2.75, 3.05) is 7.05 Å². The molecule has 0 fully saturated rings. The van der Waals surface area contributed by atoms with Crippen LogP contribution in [0.4, 0.5) is 13.2 Å². The van der Waals surface area contributed by atoms with E-state index in [0.29, 0.717) is 0 Å². The van der Waals surface area contributed by atoms with Crippen molar-refractivity contribution in [3.8, 4) is 5.75 Å². The number of hydrogen-bond donors (Lipinski definition) is 1. The molecule has 2 nitrogen and oxygen atoms in total. The monoisotopic (exact) mass is 247 g/mol. The molecule has 0 saturated carbocycles. The van der Waals surface area contributed by atoms with Crippen LogP contribution in [-0.2, 0) is 0 Å². The molecule has 1 unspecified atom stereocenters. The number of benzene rings is 1. The Morgan fingerprint density at radius 2 is 1.76 bits per heavy atom. The van der Waals surface area contributed by atoms with Gasteiger partial charge in [-0.1, -0.05) is 18.2 Å². The van der Waals surface area contributed by atoms with Crippen molar-refractivity contribution in [3.05, 3.63) is 29.8 Å². The van der Waals surface area contributed by atoms with E-state index in [9.17, 15) is 13.2 Å². The van der Waals surface area contributed by atoms with Crippen molar-refractivity contribution < 1.29 is 17.9 Å². The summed E-state index contributed by atoms with van der Waals surface area (Å²) >= 11 is 0. The molecule has 0 amide bonds. The van der Waals surface area contributed by atoms with E-state index in [1.165, 1.54) is 13.1 Å². The van der Waals surface area contributed by atoms with Gasteiger partial charge in [-0.25, -0.2) is 0 Å². The van der Waals surface area contributed by atoms with Gasteiger partial charge in [0, 0.05) is 5.56 Å². The molecule has 0 aromatic heterocycles. The SMILES string of the molecule is CNC(c1ccccc1OC(C)C)C(F)(F)F. The minimum Gasteiger partial charge on any atom is -0.491 e. The number of nitrogens with one attached hydrogen (secondary N) is 1. The molecule has 96 valence electrons. The van der Waals surface area contributed by atoms with Gasteiger partial charge in [0.1, 0.15) is 11.8 Å². The van der Waals surface area contributed by atoms with Crippen LogP contribution in [0, 0.1) is 0 Å². The first-order valence-electron chi connectivity index (χ1n) is 5.35. The predicted octanol–water partition coefficient (Wildman–Crippen LogP) is 3.30. The lowest BCUT2D eigenvalue weighted by molar-refractivity contribution is -0.156. The van der Waals surface area contributed by atoms with E-state index in [1.807, 2.05) is 0 Å². The van der Waals surface area contributed by atoms with E-state index in [4.69, 9.17) is 4.74 Å². The van der Waals surface area contributed by atoms with Gasteiger partial charge < -0.3 is 10.1 Å². The Morgan fingerprint density at radius 1 is 1.18 bits per heavy atom. The van der Waals surface area contributed by atoms with Crippen LogP contribution in [0.1, 0.15) is 25.5 Å². The lowest BCUT2D eigenvalue weighted by Crippen LogP contribution is -2.32. The molecule has 1 N–H and O–H groups in total. The van der Waals surface area contributed by atoms with E-state index < -0.39 is 12.2 Å². The second-order valence-corrected chi connectivity index (χ2v) is 3.97. The molecule has 1 atom stereocenters. The number of ether oxygens (including phenoxy) is 1. The van der Waals surface area contributed by atoms with Crippen LogP contribution < -0.4 is 10.1 Å². The van der Waals surface area contributed by atoms with Gasteiger partial charge in [0.15, 0.2) is 0 Å². The Kier molecular flexibility index (Phi) is 4.40. The highest BCUT2D eigenvalue weighted by Crippen LogP contribution is 2.37. The van der Waals surface area contributed by atoms with Crippen LogP contribution in [0.25, 0.3) is 0 Å². The first kappa shape index (κ1) is 13.8. The summed E-state index contributed by atoms with van der Waals surface area (Å²) in [5, 5.41) is 2.27. The van der Waals surface area contributed by atoms with Crippen molar-refractivity contribution in [2.24, 2.45) is 0 Å². The molecule has 1 aromatic carbocycles. The smallest absolute Gasteiger partial charge is 0.408 e. The predicted molar refractivity (Wildman–Crippen MR) is 60.1 cm³/mol. The molecule has 0 bridgehead atoms. The summed E-state index contributed by atoms with van der Waals surface area (Å²) < 4.78 is 43.8. The number of para-hydroxylation sites is 1. The molecular weight excluding hydrogens is 231 g/mol. The molecular formula is C12H16F3NO. The molecule has 0 radical (unpaired) electrons. The lowest BCUT2D eigenvalue weighted by Gasteiger charge is -2.23. The second-order valence-electron chi connectivity index (χ2n) is 3.97. The van der Waals surface area contributed by atoms with Gasteiger partial charge in [-0.05, 0) is 27.0 Å². The molecule has 1 aromatic rings. The fourth-order valence-electron chi connectivity index (χ4n) is 1.58. The summed E-state index contributed by atoms with van der Waals surface area (Å²) in [6, 6.07) is 4.48. The first-order valence-corrected chi connectivity index (χ1v) is 5.35. The summed E-state index contributed by atoms with van der Waals surface area (Å²) in [6.07, 6.45) is -4.51. The van der Waals surface area contributed by atoms with Gasteiger partial charge in [0.25, 0.3) is 0 Å². The quantitative estimate of drug-likeness (QED) is 0.881. The summed E-state index contributed by atoms with van der Waals surface area (Å²) in [7, 11) is 1.28. The van der Waals surface area contributed by atoms with E-state index in [2.05, 4.69) is 5.32 Å². The number of rotatable bonds is 4. The highest BCUT2D eigenvalue weighted by atomic mass is 19.4. The van der Waals surface area contributed by atoms with Crippen molar-refractivity contribution >= 4 is 0 Å². The Bertz CT molecular complexity index is 363. The van der Waals surface area contributed by atoms with Crippen LogP contribution in [0.15, 0.2) is 24.3 Å². The molecule has 0 saturated heterocycles. The Labute approximate surface area is 98.8 Å². The van der Waals surface area contributed by atoms with Crippen LogP contribution in [0.3, 0.4) is 0 Å². The average molecular weight is 247 g/mol. The number of alkyl halides is 3. The van der Waals surface area contributed by atoms with Gasteiger partial charge in [0.2, 0.25) is 0 Å². The van der Waals surface area contributed by atoms with Crippen molar-refractivity contribution in [2.45, 2.75) is 32.2 Å². The van der Waals surface area contributed by atoms with Crippen molar-refractivity contribution in [1.82, 2.24) is 5.32 Å². The van der Waals surface area contributed by atoms with Gasteiger partial charge in [-0.2, -0.15) is 13.2 Å². The van der Waals surface area contributed by atoms with Crippen LogP contribution in [-0.4, -0.2) is 19.3 Å². The molecule has 5 heteroatoms. The zero-order valence-electron chi connectivity index (χ0n) is 10.0. The largest absolute Gasteiger partial charge is 0.491 e. The summed E-state index contributed by atoms with van der Waals surface area (Å²) in [5.41, 5.74) is 0.108. The Balaban J connectivity index is 3.10. The molecule has 1 rings (SSSR count). The minimum absolute atomic E-state index is 0.108. The van der Waals surface area contributed by atoms with Gasteiger partial charge in [-0.15, -0.1) is 0 Å². The van der Waals surface area contributed by atoms with E-state index in [-0.39, 0.29) is 17.4 Å². The summed E-state index contributed by atoms with van der Waals surface area (Å²) in [6.45, 7) is 3.55. The molecule has 17 heavy (non-hydrogen) atoms. The summed E-state index contributed by atoms with van der Waals surface area (Å²) in [4.78, 5) is 0.